The van der Waals surface area contributed by atoms with E-state index in [0.29, 0.717) is 19.3 Å². The summed E-state index contributed by atoms with van der Waals surface area (Å²) in [6, 6.07) is 3.69. The molecule has 5 nitrogen and oxygen atoms in total. The van der Waals surface area contributed by atoms with E-state index >= 15 is 0 Å². The van der Waals surface area contributed by atoms with E-state index in [4.69, 9.17) is 5.11 Å². The number of aliphatic hydroxyl groups is 3. The van der Waals surface area contributed by atoms with Gasteiger partial charge in [-0.3, -0.25) is 4.79 Å². The van der Waals surface area contributed by atoms with Crippen molar-refractivity contribution in [1.29, 1.82) is 0 Å². The number of unbranched alkanes of at least 4 members (excludes halogenated alkanes) is 3. The third kappa shape index (κ3) is 6.22. The lowest BCUT2D eigenvalue weighted by Crippen LogP contribution is -2.23. The molecule has 0 spiro atoms. The molecular formula is C21H30F2O5. The van der Waals surface area contributed by atoms with Gasteiger partial charge in [0.15, 0.2) is 11.6 Å². The van der Waals surface area contributed by atoms with E-state index < -0.39 is 35.9 Å². The molecular weight excluding hydrogens is 370 g/mol. The highest BCUT2D eigenvalue weighted by Crippen LogP contribution is 2.40. The van der Waals surface area contributed by atoms with E-state index in [1.807, 2.05) is 0 Å². The van der Waals surface area contributed by atoms with Crippen LogP contribution in [-0.2, 0) is 4.79 Å². The number of rotatable bonds is 11. The largest absolute Gasteiger partial charge is 0.481 e. The maximum absolute atomic E-state index is 13.8. The number of carboxylic acid groups (broad SMARTS) is 1. The van der Waals surface area contributed by atoms with E-state index in [1.54, 1.807) is 0 Å². The number of aliphatic hydroxyl groups excluding tert-OH is 3. The smallest absolute Gasteiger partial charge is 0.303 e. The molecule has 5 atom stereocenters. The van der Waals surface area contributed by atoms with Gasteiger partial charge < -0.3 is 20.4 Å². The van der Waals surface area contributed by atoms with E-state index in [0.717, 1.165) is 25.3 Å². The number of carboxylic acids is 1. The molecule has 0 saturated heterocycles. The lowest BCUT2D eigenvalue weighted by molar-refractivity contribution is -0.137. The van der Waals surface area contributed by atoms with Gasteiger partial charge in [-0.25, -0.2) is 8.78 Å². The predicted molar refractivity (Wildman–Crippen MR) is 99.5 cm³/mol. The second kappa shape index (κ2) is 10.8. The fraction of sp³-hybridized carbons (Fsp3) is 0.667. The van der Waals surface area contributed by atoms with Crippen LogP contribution < -0.4 is 0 Å². The minimum atomic E-state index is -1.17. The molecule has 4 N–H and O–H groups in total. The lowest BCUT2D eigenvalue weighted by atomic mass is 9.84. The SMILES string of the molecule is O=C(O)CCCCCC[C@@H]1C(CCC(O)c2cccc(F)c2F)[C@H](O)C[C@@H]1O. The van der Waals surface area contributed by atoms with Gasteiger partial charge in [0.2, 0.25) is 0 Å². The Balaban J connectivity index is 1.84. The summed E-state index contributed by atoms with van der Waals surface area (Å²) in [6.45, 7) is 0. The van der Waals surface area contributed by atoms with Crippen molar-refractivity contribution in [3.63, 3.8) is 0 Å². The van der Waals surface area contributed by atoms with Gasteiger partial charge >= 0.3 is 5.97 Å². The summed E-state index contributed by atoms with van der Waals surface area (Å²) in [6.07, 6.45) is 2.35. The Morgan fingerprint density at radius 2 is 1.68 bits per heavy atom. The molecule has 1 saturated carbocycles. The van der Waals surface area contributed by atoms with Crippen molar-refractivity contribution >= 4 is 5.97 Å². The average molecular weight is 400 g/mol. The van der Waals surface area contributed by atoms with E-state index in [-0.39, 0.29) is 36.7 Å². The summed E-state index contributed by atoms with van der Waals surface area (Å²) in [4.78, 5) is 10.5. The minimum absolute atomic E-state index is 0.0944. The molecule has 1 aliphatic carbocycles. The molecule has 2 rings (SSSR count). The Labute approximate surface area is 164 Å². The summed E-state index contributed by atoms with van der Waals surface area (Å²) in [5.41, 5.74) is -0.0944. The van der Waals surface area contributed by atoms with Crippen LogP contribution in [0.5, 0.6) is 0 Å². The fourth-order valence-electron chi connectivity index (χ4n) is 4.27. The molecule has 7 heteroatoms. The van der Waals surface area contributed by atoms with Gasteiger partial charge in [-0.2, -0.15) is 0 Å². The topological polar surface area (TPSA) is 98.0 Å². The van der Waals surface area contributed by atoms with Crippen molar-refractivity contribution in [2.24, 2.45) is 11.8 Å². The van der Waals surface area contributed by atoms with Crippen LogP contribution in [-0.4, -0.2) is 38.6 Å². The first-order valence-corrected chi connectivity index (χ1v) is 10.0. The van der Waals surface area contributed by atoms with Crippen molar-refractivity contribution in [3.8, 4) is 0 Å². The van der Waals surface area contributed by atoms with Gasteiger partial charge in [0, 0.05) is 12.0 Å². The van der Waals surface area contributed by atoms with E-state index in [9.17, 15) is 28.9 Å². The highest BCUT2D eigenvalue weighted by molar-refractivity contribution is 5.66. The molecule has 0 aliphatic heterocycles. The molecule has 0 heterocycles. The fourth-order valence-corrected chi connectivity index (χ4v) is 4.27. The van der Waals surface area contributed by atoms with Crippen LogP contribution in [0.2, 0.25) is 0 Å². The molecule has 158 valence electrons. The normalized spacial score (nSPS) is 25.8. The van der Waals surface area contributed by atoms with Gasteiger partial charge in [-0.1, -0.05) is 31.4 Å². The number of carbonyl (C=O) groups is 1. The first-order chi connectivity index (χ1) is 13.3. The van der Waals surface area contributed by atoms with Gasteiger partial charge in [-0.15, -0.1) is 0 Å². The highest BCUT2D eigenvalue weighted by Gasteiger charge is 2.41. The van der Waals surface area contributed by atoms with Crippen LogP contribution in [0.25, 0.3) is 0 Å². The summed E-state index contributed by atoms with van der Waals surface area (Å²) < 4.78 is 27.2. The zero-order valence-corrected chi connectivity index (χ0v) is 15.9. The maximum atomic E-state index is 13.8. The van der Waals surface area contributed by atoms with Crippen molar-refractivity contribution in [2.75, 3.05) is 0 Å². The van der Waals surface area contributed by atoms with E-state index in [2.05, 4.69) is 0 Å². The summed E-state index contributed by atoms with van der Waals surface area (Å²) >= 11 is 0. The maximum Gasteiger partial charge on any atom is 0.303 e. The Morgan fingerprint density at radius 3 is 2.36 bits per heavy atom. The van der Waals surface area contributed by atoms with Crippen molar-refractivity contribution in [3.05, 3.63) is 35.4 Å². The summed E-state index contributed by atoms with van der Waals surface area (Å²) in [7, 11) is 0. The molecule has 0 amide bonds. The summed E-state index contributed by atoms with van der Waals surface area (Å²) in [5, 5.41) is 39.4. The van der Waals surface area contributed by atoms with Crippen molar-refractivity contribution in [2.45, 2.75) is 76.1 Å². The zero-order chi connectivity index (χ0) is 20.7. The van der Waals surface area contributed by atoms with Crippen LogP contribution >= 0.6 is 0 Å². The Kier molecular flexibility index (Phi) is 8.79. The zero-order valence-electron chi connectivity index (χ0n) is 15.9. The molecule has 0 aromatic heterocycles. The molecule has 1 aromatic carbocycles. The number of hydrogen-bond acceptors (Lipinski definition) is 4. The highest BCUT2D eigenvalue weighted by atomic mass is 19.2. The van der Waals surface area contributed by atoms with Gasteiger partial charge in [0.05, 0.1) is 18.3 Å². The first-order valence-electron chi connectivity index (χ1n) is 10.0. The number of aliphatic carboxylic acids is 1. The van der Waals surface area contributed by atoms with Gasteiger partial charge in [0.1, 0.15) is 0 Å². The number of benzene rings is 1. The van der Waals surface area contributed by atoms with Gasteiger partial charge in [0.25, 0.3) is 0 Å². The van der Waals surface area contributed by atoms with Crippen LogP contribution in [0.1, 0.15) is 69.5 Å². The predicted octanol–water partition coefficient (Wildman–Crippen LogP) is 3.56. The quantitative estimate of drug-likeness (QED) is 0.426. The second-order valence-electron chi connectivity index (χ2n) is 7.78. The molecule has 1 fully saturated rings. The molecule has 1 aromatic rings. The number of hydrogen-bond donors (Lipinski definition) is 4. The van der Waals surface area contributed by atoms with Crippen LogP contribution in [0, 0.1) is 23.5 Å². The minimum Gasteiger partial charge on any atom is -0.481 e. The summed E-state index contributed by atoms with van der Waals surface area (Å²) in [5.74, 6) is -3.18. The third-order valence-electron chi connectivity index (χ3n) is 5.81. The van der Waals surface area contributed by atoms with Crippen molar-refractivity contribution < 1.29 is 34.0 Å². The molecule has 0 bridgehead atoms. The van der Waals surface area contributed by atoms with Crippen molar-refractivity contribution in [1.82, 2.24) is 0 Å². The molecule has 28 heavy (non-hydrogen) atoms. The van der Waals surface area contributed by atoms with Gasteiger partial charge in [-0.05, 0) is 50.0 Å². The molecule has 0 radical (unpaired) electrons. The average Bonchev–Trinajstić information content (AvgIpc) is 2.90. The molecule has 2 unspecified atom stereocenters. The Hall–Kier alpha value is -1.57. The molecule has 1 aliphatic rings. The Morgan fingerprint density at radius 1 is 1.04 bits per heavy atom. The monoisotopic (exact) mass is 400 g/mol. The third-order valence-corrected chi connectivity index (χ3v) is 5.81. The lowest BCUT2D eigenvalue weighted by Gasteiger charge is -2.25. The van der Waals surface area contributed by atoms with Crippen LogP contribution in [0.3, 0.4) is 0 Å². The first kappa shape index (κ1) is 22.7. The van der Waals surface area contributed by atoms with Crippen LogP contribution in [0.15, 0.2) is 18.2 Å². The van der Waals surface area contributed by atoms with Crippen LogP contribution in [0.4, 0.5) is 8.78 Å². The van der Waals surface area contributed by atoms with E-state index in [1.165, 1.54) is 12.1 Å². The number of halogens is 2. The Bertz CT molecular complexity index is 639. The standard InChI is InChI=1S/C21H30F2O5/c22-16-8-5-7-15(21(16)23)17(24)11-10-14-13(18(25)12-19(14)26)6-3-1-2-4-9-20(27)28/h5,7-8,13-14,17-19,24-26H,1-4,6,9-12H2,(H,27,28)/t13-,14?,17?,18+,19-/m1/s1. The second-order valence-corrected chi connectivity index (χ2v) is 7.78.